The minimum absolute atomic E-state index is 0. The summed E-state index contributed by atoms with van der Waals surface area (Å²) in [4.78, 5) is 8.33. The minimum atomic E-state index is -5.17. The molecule has 0 rings (SSSR count). The van der Waals surface area contributed by atoms with Crippen molar-refractivity contribution in [1.29, 1.82) is 0 Å². The van der Waals surface area contributed by atoms with Gasteiger partial charge in [0.05, 0.1) is 0 Å². The molecule has 0 bridgehead atoms. The number of hydrogen-bond donors (Lipinski definition) is 0. The van der Waals surface area contributed by atoms with Crippen LogP contribution in [0.25, 0.3) is 0 Å². The van der Waals surface area contributed by atoms with Crippen molar-refractivity contribution in [2.75, 3.05) is 0 Å². The second kappa shape index (κ2) is 12.1. The Labute approximate surface area is 137 Å². The van der Waals surface area contributed by atoms with Crippen molar-refractivity contribution >= 4 is 108 Å². The first-order chi connectivity index (χ1) is 3.73. The molecule has 0 heterocycles. The van der Waals surface area contributed by atoms with Crippen molar-refractivity contribution in [3.63, 3.8) is 0 Å². The Hall–Kier alpha value is 2.10. The zero-order chi connectivity index (χ0) is 8.08. The quantitative estimate of drug-likeness (QED) is 0.247. The molecule has 0 aromatic carbocycles. The Morgan fingerprint density at radius 1 is 1.00 bits per heavy atom. The molecule has 0 radical (unpaired) electrons. The Morgan fingerprint density at radius 3 is 1.00 bits per heavy atom. The first-order valence-electron chi connectivity index (χ1n) is 1.28. The molecule has 11 heavy (non-hydrogen) atoms. The molecule has 0 fully saturated rings. The molecule has 0 N–H and O–H groups in total. The van der Waals surface area contributed by atoms with Crippen LogP contribution in [-0.2, 0) is 10.4 Å². The third kappa shape index (κ3) is 280. The maximum absolute atomic E-state index is 8.52. The van der Waals surface area contributed by atoms with E-state index < -0.39 is 16.6 Å². The summed E-state index contributed by atoms with van der Waals surface area (Å²) in [7, 11) is -5.17. The van der Waals surface area contributed by atoms with Gasteiger partial charge in [0, 0.05) is 10.4 Å². The van der Waals surface area contributed by atoms with Gasteiger partial charge in [-0.1, -0.05) is 0 Å². The SMILES string of the molecule is O=C([O-])[O-].O=S(=O)([O-])[O-].[Sr+2].[Sr+2]. The van der Waals surface area contributed by atoms with Crippen LogP contribution in [0.15, 0.2) is 0 Å². The van der Waals surface area contributed by atoms with E-state index in [1.54, 1.807) is 0 Å². The van der Waals surface area contributed by atoms with Crippen molar-refractivity contribution in [1.82, 2.24) is 0 Å². The molecule has 0 unspecified atom stereocenters. The Morgan fingerprint density at radius 2 is 1.00 bits per heavy atom. The zero-order valence-electron chi connectivity index (χ0n) is 5.18. The van der Waals surface area contributed by atoms with Gasteiger partial charge in [-0.2, -0.15) is 0 Å². The second-order valence-corrected chi connectivity index (χ2v) is 1.47. The van der Waals surface area contributed by atoms with Gasteiger partial charge in [-0.3, -0.25) is 8.42 Å². The van der Waals surface area contributed by atoms with Crippen molar-refractivity contribution in [3.8, 4) is 0 Å². The van der Waals surface area contributed by atoms with Gasteiger partial charge in [0.1, 0.15) is 0 Å². The van der Waals surface area contributed by atoms with Gasteiger partial charge in [0.25, 0.3) is 0 Å². The fraction of sp³-hybridized carbons (Fsp3) is 0. The number of carbonyl (C=O) groups excluding carboxylic acids is 1. The molecule has 0 atom stereocenters. The van der Waals surface area contributed by atoms with E-state index in [0.717, 1.165) is 0 Å². The van der Waals surface area contributed by atoms with Gasteiger partial charge >= 0.3 is 91.0 Å². The first kappa shape index (κ1) is 23.2. The summed E-state index contributed by atoms with van der Waals surface area (Å²) in [6.45, 7) is 0. The van der Waals surface area contributed by atoms with Gasteiger partial charge in [-0.05, 0) is 6.16 Å². The van der Waals surface area contributed by atoms with Gasteiger partial charge in [-0.15, -0.1) is 0 Å². The van der Waals surface area contributed by atoms with Crippen LogP contribution in [0.1, 0.15) is 0 Å². The van der Waals surface area contributed by atoms with Crippen LogP contribution in [0.2, 0.25) is 0 Å². The predicted octanol–water partition coefficient (Wildman–Crippen LogP) is -4.55. The third-order valence-corrected chi connectivity index (χ3v) is 0. The molecule has 0 saturated carbocycles. The molecular formula is CO7SSr2. The average molecular weight is 331 g/mol. The molecule has 0 aliphatic carbocycles. The number of hydrogen-bond acceptors (Lipinski definition) is 7. The molecular weight excluding hydrogens is 331 g/mol. The zero-order valence-corrected chi connectivity index (χ0v) is 12.9. The Kier molecular flexibility index (Phi) is 25.5. The van der Waals surface area contributed by atoms with E-state index in [-0.39, 0.29) is 91.0 Å². The van der Waals surface area contributed by atoms with E-state index in [9.17, 15) is 0 Å². The largest absolute Gasteiger partial charge is 2.00 e. The van der Waals surface area contributed by atoms with Crippen LogP contribution in [-0.4, -0.2) is 115 Å². The molecule has 0 saturated heterocycles. The summed E-state index contributed by atoms with van der Waals surface area (Å²) in [5.41, 5.74) is 0. The number of carboxylic acid groups (broad SMARTS) is 2. The summed E-state index contributed by atoms with van der Waals surface area (Å²) in [5, 5.41) is 16.7. The van der Waals surface area contributed by atoms with E-state index in [2.05, 4.69) is 0 Å². The topological polar surface area (TPSA) is 143 Å². The molecule has 56 valence electrons. The van der Waals surface area contributed by atoms with E-state index in [0.29, 0.717) is 0 Å². The van der Waals surface area contributed by atoms with Crippen molar-refractivity contribution < 1.29 is 32.5 Å². The molecule has 0 amide bonds. The van der Waals surface area contributed by atoms with Crippen LogP contribution in [0, 0.1) is 0 Å². The van der Waals surface area contributed by atoms with E-state index >= 15 is 0 Å². The molecule has 0 spiro atoms. The second-order valence-electron chi connectivity index (χ2n) is 0.658. The molecule has 0 aromatic rings. The van der Waals surface area contributed by atoms with Gasteiger partial charge in [0.2, 0.25) is 0 Å². The van der Waals surface area contributed by atoms with E-state index in [4.69, 9.17) is 32.5 Å². The van der Waals surface area contributed by atoms with Gasteiger partial charge in [-0.25, -0.2) is 0 Å². The van der Waals surface area contributed by atoms with Crippen LogP contribution in [0.4, 0.5) is 4.79 Å². The number of carbonyl (C=O) groups is 1. The Bertz CT molecular complexity index is 159. The normalized spacial score (nSPS) is 7.45. The monoisotopic (exact) mass is 332 g/mol. The molecule has 0 aromatic heterocycles. The molecule has 0 aliphatic heterocycles. The van der Waals surface area contributed by atoms with Crippen LogP contribution in [0.5, 0.6) is 0 Å². The summed E-state index contributed by atoms with van der Waals surface area (Å²) < 4.78 is 34.1. The molecule has 10 heteroatoms. The summed E-state index contributed by atoms with van der Waals surface area (Å²) in [6, 6.07) is 0. The van der Waals surface area contributed by atoms with Gasteiger partial charge in [0.15, 0.2) is 0 Å². The van der Waals surface area contributed by atoms with E-state index in [1.807, 2.05) is 0 Å². The van der Waals surface area contributed by atoms with Crippen LogP contribution in [0.3, 0.4) is 0 Å². The summed E-state index contributed by atoms with van der Waals surface area (Å²) >= 11 is 0. The minimum Gasteiger partial charge on any atom is -0.759 e. The van der Waals surface area contributed by atoms with Crippen molar-refractivity contribution in [2.24, 2.45) is 0 Å². The fourth-order valence-electron chi connectivity index (χ4n) is 0. The third-order valence-electron chi connectivity index (χ3n) is 0. The van der Waals surface area contributed by atoms with Gasteiger partial charge < -0.3 is 24.1 Å². The van der Waals surface area contributed by atoms with Crippen molar-refractivity contribution in [3.05, 3.63) is 0 Å². The summed E-state index contributed by atoms with van der Waals surface area (Å²) in [5.74, 6) is 0. The Balaban J connectivity index is -0.0000000383. The maximum atomic E-state index is 8.52. The van der Waals surface area contributed by atoms with Crippen LogP contribution < -0.4 is 10.2 Å². The number of rotatable bonds is 0. The predicted molar refractivity (Wildman–Crippen MR) is 27.4 cm³/mol. The molecule has 7 nitrogen and oxygen atoms in total. The van der Waals surface area contributed by atoms with E-state index in [1.165, 1.54) is 0 Å². The smallest absolute Gasteiger partial charge is 0.759 e. The molecule has 0 aliphatic rings. The van der Waals surface area contributed by atoms with Crippen LogP contribution >= 0.6 is 0 Å². The first-order valence-corrected chi connectivity index (χ1v) is 2.61. The standard InChI is InChI=1S/CH2O3.H2O4S.2Sr/c2-1(3)4;1-5(2,3)4;;/h(H2,2,3,4);(H2,1,2,3,4);;/q;;2*+2/p-4. The maximum Gasteiger partial charge on any atom is 2.00 e. The fourth-order valence-corrected chi connectivity index (χ4v) is 0. The summed E-state index contributed by atoms with van der Waals surface area (Å²) in [6.07, 6.45) is -2.33. The van der Waals surface area contributed by atoms with Crippen molar-refractivity contribution in [2.45, 2.75) is 0 Å². The average Bonchev–Trinajstić information content (AvgIpc) is 1.19.